The number of rotatable bonds is 12. The molecule has 0 radical (unpaired) electrons. The maximum absolute atomic E-state index is 14.0. The zero-order chi connectivity index (χ0) is 47.1. The normalized spacial score (nSPS) is 20.7. The lowest BCUT2D eigenvalue weighted by molar-refractivity contribution is -0.136. The first-order valence-electron chi connectivity index (χ1n) is 22.7. The lowest BCUT2D eigenvalue weighted by Gasteiger charge is -2.33. The highest BCUT2D eigenvalue weighted by atomic mass is 16.5. The summed E-state index contributed by atoms with van der Waals surface area (Å²) >= 11 is 0. The van der Waals surface area contributed by atoms with Crippen molar-refractivity contribution >= 4 is 57.3 Å². The molecule has 0 saturated carbocycles. The third-order valence-corrected chi connectivity index (χ3v) is 13.3. The van der Waals surface area contributed by atoms with Crippen molar-refractivity contribution in [2.45, 2.75) is 96.6 Å². The summed E-state index contributed by atoms with van der Waals surface area (Å²) < 4.78 is 9.66. The number of benzene rings is 3. The van der Waals surface area contributed by atoms with Gasteiger partial charge in [-0.3, -0.25) is 9.59 Å². The molecule has 4 N–H and O–H groups in total. The molecule has 5 heterocycles. The maximum Gasteiger partial charge on any atom is 0.407 e. The van der Waals surface area contributed by atoms with Crippen molar-refractivity contribution in [3.8, 4) is 0 Å². The Labute approximate surface area is 385 Å². The van der Waals surface area contributed by atoms with Crippen LogP contribution in [0.4, 0.5) is 15.3 Å². The highest BCUT2D eigenvalue weighted by molar-refractivity contribution is 5.88. The van der Waals surface area contributed by atoms with Gasteiger partial charge in [-0.05, 0) is 97.5 Å². The van der Waals surface area contributed by atoms with Crippen molar-refractivity contribution in [2.75, 3.05) is 32.2 Å². The number of fused-ring (bicyclic) bond motifs is 2. The molecule has 15 heteroatoms. The zero-order valence-electron chi connectivity index (χ0n) is 38.9. The molecule has 2 aromatic heterocycles. The smallest absolute Gasteiger partial charge is 0.407 e. The summed E-state index contributed by atoms with van der Waals surface area (Å²) in [6.45, 7) is 22.9. The molecule has 0 bridgehead atoms. The second kappa shape index (κ2) is 18.5. The molecule has 3 fully saturated rings. The van der Waals surface area contributed by atoms with E-state index in [1.165, 1.54) is 14.2 Å². The monoisotopic (exact) mass is 895 g/mol. The first kappa shape index (κ1) is 45.7. The van der Waals surface area contributed by atoms with Crippen LogP contribution in [0.2, 0.25) is 0 Å². The minimum atomic E-state index is -0.765. The average Bonchev–Trinajstić information content (AvgIpc) is 4.15. The van der Waals surface area contributed by atoms with Gasteiger partial charge in [0.25, 0.3) is 0 Å². The van der Waals surface area contributed by atoms with E-state index < -0.39 is 24.3 Å². The van der Waals surface area contributed by atoms with Gasteiger partial charge in [0.1, 0.15) is 23.7 Å². The minimum absolute atomic E-state index is 0.0203. The maximum atomic E-state index is 14.0. The molecule has 3 aliphatic rings. The van der Waals surface area contributed by atoms with Gasteiger partial charge in [0.05, 0.1) is 60.5 Å². The number of ether oxygens (including phenoxy) is 2. The fourth-order valence-corrected chi connectivity index (χ4v) is 9.87. The van der Waals surface area contributed by atoms with E-state index in [2.05, 4.69) is 93.8 Å². The second-order valence-electron chi connectivity index (χ2n) is 18.7. The van der Waals surface area contributed by atoms with E-state index in [0.717, 1.165) is 74.0 Å². The molecule has 3 aromatic carbocycles. The number of alkyl carbamates (subject to hydrolysis) is 2. The Bertz CT molecular complexity index is 2560. The Kier molecular flexibility index (Phi) is 12.8. The van der Waals surface area contributed by atoms with Crippen LogP contribution in [0.15, 0.2) is 91.5 Å². The molecule has 3 saturated heterocycles. The zero-order valence-corrected chi connectivity index (χ0v) is 38.9. The Hall–Kier alpha value is -6.90. The molecule has 8 rings (SSSR count). The number of aromatic amines is 2. The Balaban J connectivity index is 1.09. The van der Waals surface area contributed by atoms with Crippen LogP contribution in [0, 0.1) is 11.8 Å². The summed E-state index contributed by atoms with van der Waals surface area (Å²) in [5, 5.41) is 5.44. The van der Waals surface area contributed by atoms with Crippen LogP contribution < -0.4 is 15.5 Å². The van der Waals surface area contributed by atoms with Crippen LogP contribution >= 0.6 is 0 Å². The number of amides is 4. The van der Waals surface area contributed by atoms with Gasteiger partial charge in [-0.25, -0.2) is 19.6 Å². The number of nitrogens with one attached hydrogen (secondary N) is 4. The van der Waals surface area contributed by atoms with Crippen LogP contribution in [-0.2, 0) is 19.1 Å². The third kappa shape index (κ3) is 8.90. The van der Waals surface area contributed by atoms with Gasteiger partial charge < -0.3 is 44.8 Å². The molecule has 346 valence electrons. The number of nitrogens with zero attached hydrogens (tertiary/aromatic N) is 5. The van der Waals surface area contributed by atoms with E-state index in [1.54, 1.807) is 9.80 Å². The standard InChI is InChI=1S/C51H61N9O6/c1-27(2)32-11-15-35(16-12-32)60-40(33-13-17-36-38(23-33)54-46(52-36)42-21-30(7)25-58(42)48(61)44(28(3)4)56-50(63)65-9)19-20-41(60)34-14-18-37-39(24-34)55-47(53-37)43-22-31(8)26-59(43)49(62)45(29(5)6)57-51(64)66-10/h11-18,23-24,28-29,40-45H,1,7-8,19-22,25-26H2,2-6,9-10H3,(H,52,54)(H,53,55)(H,56,63)(H,57,64)/t40-,41-,42+,43+,44+,45+/m1/s1. The van der Waals surface area contributed by atoms with E-state index >= 15 is 0 Å². The number of H-pyrrole nitrogens is 2. The van der Waals surface area contributed by atoms with Crippen LogP contribution in [0.3, 0.4) is 0 Å². The first-order chi connectivity index (χ1) is 31.5. The van der Waals surface area contributed by atoms with Gasteiger partial charge >= 0.3 is 12.2 Å². The fraction of sp³-hybridized carbons (Fsp3) is 0.412. The summed E-state index contributed by atoms with van der Waals surface area (Å²) in [6.07, 6.45) is 1.58. The van der Waals surface area contributed by atoms with E-state index in [-0.39, 0.29) is 47.8 Å². The molecule has 5 aromatic rings. The van der Waals surface area contributed by atoms with Crippen LogP contribution in [0.25, 0.3) is 27.6 Å². The SMILES string of the molecule is C=C1C[C@@H](c2nc3ccc([C@H]4CC[C@H](c5ccc6nc([C@@H]7CC(=C)CN7C(=O)[C@@H](NC(=O)OC)C(C)C)[nH]c6c5)N4c4ccc(C(=C)C)cc4)cc3[nH]2)N(C(=O)[C@@H](NC(=O)OC)C(C)C)C1. The van der Waals surface area contributed by atoms with Crippen molar-refractivity contribution in [2.24, 2.45) is 11.8 Å². The van der Waals surface area contributed by atoms with Crippen molar-refractivity contribution in [3.05, 3.63) is 120 Å². The van der Waals surface area contributed by atoms with Gasteiger partial charge in [-0.2, -0.15) is 0 Å². The lowest BCUT2D eigenvalue weighted by atomic mass is 10.0. The van der Waals surface area contributed by atoms with E-state index in [0.29, 0.717) is 37.6 Å². The average molecular weight is 896 g/mol. The quantitative estimate of drug-likeness (QED) is 0.0891. The van der Waals surface area contributed by atoms with Crippen molar-refractivity contribution in [1.29, 1.82) is 0 Å². The summed E-state index contributed by atoms with van der Waals surface area (Å²) in [7, 11) is 2.57. The summed E-state index contributed by atoms with van der Waals surface area (Å²) in [4.78, 5) is 75.5. The predicted molar refractivity (Wildman–Crippen MR) is 255 cm³/mol. The largest absolute Gasteiger partial charge is 0.453 e. The Morgan fingerprint density at radius 2 is 1.09 bits per heavy atom. The first-order valence-corrected chi connectivity index (χ1v) is 22.7. The number of aromatic nitrogens is 4. The molecule has 0 unspecified atom stereocenters. The van der Waals surface area contributed by atoms with Gasteiger partial charge in [-0.15, -0.1) is 0 Å². The molecule has 4 amide bonds. The number of carbonyl (C=O) groups excluding carboxylic acids is 4. The topological polar surface area (TPSA) is 178 Å². The van der Waals surface area contributed by atoms with Crippen LogP contribution in [0.1, 0.15) is 113 Å². The number of allylic oxidation sites excluding steroid dienone is 1. The van der Waals surface area contributed by atoms with E-state index in [4.69, 9.17) is 19.4 Å². The summed E-state index contributed by atoms with van der Waals surface area (Å²) in [5.74, 6) is 0.598. The number of carbonyl (C=O) groups is 4. The summed E-state index contributed by atoms with van der Waals surface area (Å²) in [5.41, 5.74) is 10.6. The molecule has 0 aliphatic carbocycles. The third-order valence-electron chi connectivity index (χ3n) is 13.3. The molecule has 6 atom stereocenters. The number of methoxy groups -OCH3 is 2. The second-order valence-corrected chi connectivity index (χ2v) is 18.7. The van der Waals surface area contributed by atoms with Crippen molar-refractivity contribution < 1.29 is 28.7 Å². The molecule has 15 nitrogen and oxygen atoms in total. The Morgan fingerprint density at radius 1 is 0.667 bits per heavy atom. The highest BCUT2D eigenvalue weighted by Crippen LogP contribution is 2.48. The number of hydrogen-bond donors (Lipinski definition) is 4. The number of imidazole rings is 2. The van der Waals surface area contributed by atoms with Crippen molar-refractivity contribution in [1.82, 2.24) is 40.4 Å². The number of likely N-dealkylation sites (tertiary alicyclic amines) is 2. The molecule has 0 spiro atoms. The lowest BCUT2D eigenvalue weighted by Crippen LogP contribution is -2.51. The van der Waals surface area contributed by atoms with Gasteiger partial charge in [0.15, 0.2) is 0 Å². The molecule has 66 heavy (non-hydrogen) atoms. The predicted octanol–water partition coefficient (Wildman–Crippen LogP) is 8.98. The van der Waals surface area contributed by atoms with Crippen LogP contribution in [0.5, 0.6) is 0 Å². The minimum Gasteiger partial charge on any atom is -0.453 e. The van der Waals surface area contributed by atoms with Crippen molar-refractivity contribution in [3.63, 3.8) is 0 Å². The molecule has 3 aliphatic heterocycles. The van der Waals surface area contributed by atoms with Gasteiger partial charge in [-0.1, -0.05) is 88.4 Å². The molecular formula is C51H61N9O6. The van der Waals surface area contributed by atoms with Crippen LogP contribution in [-0.4, -0.2) is 93.1 Å². The number of hydrogen-bond acceptors (Lipinski definition) is 9. The van der Waals surface area contributed by atoms with E-state index in [9.17, 15) is 19.2 Å². The van der Waals surface area contributed by atoms with Gasteiger partial charge in [0, 0.05) is 18.8 Å². The summed E-state index contributed by atoms with van der Waals surface area (Å²) in [6, 6.07) is 19.1. The number of anilines is 1. The van der Waals surface area contributed by atoms with Gasteiger partial charge in [0.2, 0.25) is 11.8 Å². The Morgan fingerprint density at radius 3 is 1.47 bits per heavy atom. The fourth-order valence-electron chi connectivity index (χ4n) is 9.87. The van der Waals surface area contributed by atoms with E-state index in [1.807, 2.05) is 46.8 Å². The molecular weight excluding hydrogens is 835 g/mol. The highest BCUT2D eigenvalue weighted by Gasteiger charge is 2.41.